The minimum atomic E-state index is 0. The van der Waals surface area contributed by atoms with Crippen LogP contribution < -0.4 is 14.5 Å². The van der Waals surface area contributed by atoms with Crippen LogP contribution in [0.5, 0.6) is 11.5 Å². The van der Waals surface area contributed by atoms with Gasteiger partial charge in [0.25, 0.3) is 0 Å². The summed E-state index contributed by atoms with van der Waals surface area (Å²) in [6.07, 6.45) is 3.88. The first-order valence-electron chi connectivity index (χ1n) is 24.8. The zero-order chi connectivity index (χ0) is 48.9. The number of para-hydroxylation sites is 7. The number of aromatic nitrogens is 5. The van der Waals surface area contributed by atoms with Crippen molar-refractivity contribution in [3.63, 3.8) is 0 Å². The van der Waals surface area contributed by atoms with Gasteiger partial charge in [0, 0.05) is 94.5 Å². The fourth-order valence-electron chi connectivity index (χ4n) is 11.4. The normalized spacial score (nSPS) is 12.4. The van der Waals surface area contributed by atoms with E-state index in [9.17, 15) is 0 Å². The van der Waals surface area contributed by atoms with Crippen LogP contribution in [0.1, 0.15) is 5.56 Å². The second-order valence-corrected chi connectivity index (χ2v) is 18.7. The van der Waals surface area contributed by atoms with Crippen LogP contribution in [0.4, 0.5) is 22.9 Å². The molecule has 1 aliphatic rings. The molecule has 9 aromatic carbocycles. The standard InChI is InChI=1S/C66H42N7O.Pt/c1-43-38-65(73-58-29-11-6-24-51(58)52-36-35-46(40-63(52)73)74-45-19-16-18-44(39-45)69-42-70(64-34-14-15-37-67-64)60-31-13-12-30-59(60)69)68-41-53(43)66-61(71-54-25-7-2-20-47(54)48-21-3-8-26-55(48)71)32-17-33-62(66)72-56-27-9-4-22-49(56)50-23-5-10-28-57(50)72;/h2-38,41-42H,1H3;/q-3;. The summed E-state index contributed by atoms with van der Waals surface area (Å²) in [5.41, 5.74) is 14.7. The van der Waals surface area contributed by atoms with Gasteiger partial charge in [-0.3, -0.25) is 0 Å². The molecule has 0 unspecified atom stereocenters. The fourth-order valence-corrected chi connectivity index (χ4v) is 11.4. The molecule has 0 spiro atoms. The van der Waals surface area contributed by atoms with Gasteiger partial charge >= 0.3 is 0 Å². The Kier molecular flexibility index (Phi) is 10.5. The van der Waals surface area contributed by atoms with Gasteiger partial charge in [0.1, 0.15) is 11.6 Å². The molecule has 0 radical (unpaired) electrons. The van der Waals surface area contributed by atoms with E-state index in [0.717, 1.165) is 101 Å². The maximum absolute atomic E-state index is 6.68. The van der Waals surface area contributed by atoms with E-state index in [0.29, 0.717) is 11.5 Å². The molecule has 0 bridgehead atoms. The predicted molar refractivity (Wildman–Crippen MR) is 301 cm³/mol. The third-order valence-electron chi connectivity index (χ3n) is 14.6. The maximum Gasteiger partial charge on any atom is 0.135 e. The summed E-state index contributed by atoms with van der Waals surface area (Å²) >= 11 is 0. The number of rotatable bonds is 8. The molecular formula is C66H42N7OPt-3. The van der Waals surface area contributed by atoms with E-state index >= 15 is 0 Å². The van der Waals surface area contributed by atoms with E-state index < -0.39 is 0 Å². The molecular weight excluding hydrogens is 1100 g/mol. The maximum atomic E-state index is 6.68. The minimum Gasteiger partial charge on any atom is -0.509 e. The van der Waals surface area contributed by atoms with Gasteiger partial charge < -0.3 is 28.2 Å². The molecule has 0 N–H and O–H groups in total. The van der Waals surface area contributed by atoms with Crippen molar-refractivity contribution in [2.75, 3.05) is 9.80 Å². The van der Waals surface area contributed by atoms with Crippen LogP contribution in [0, 0.1) is 25.7 Å². The number of pyridine rings is 2. The number of fused-ring (bicyclic) bond motifs is 10. The van der Waals surface area contributed by atoms with Gasteiger partial charge in [0.15, 0.2) is 0 Å². The fraction of sp³-hybridized carbons (Fsp3) is 0.0152. The van der Waals surface area contributed by atoms with E-state index in [1.54, 1.807) is 0 Å². The monoisotopic (exact) mass is 1140 g/mol. The van der Waals surface area contributed by atoms with E-state index in [4.69, 9.17) is 9.72 Å². The van der Waals surface area contributed by atoms with Crippen LogP contribution >= 0.6 is 0 Å². The van der Waals surface area contributed by atoms with E-state index in [1.165, 1.54) is 21.5 Å². The molecule has 8 nitrogen and oxygen atoms in total. The first kappa shape index (κ1) is 44.5. The van der Waals surface area contributed by atoms with Crippen molar-refractivity contribution in [1.29, 1.82) is 0 Å². The SMILES string of the molecule is Cc1cc(-n2c3[c-]c(Oc4[c-]c(N5[CH-]N(c6ccccn6)c6ccccc65)ccc4)ccc3c3ccccc32)ncc1-c1c(-n2c3ccccc3c3ccccc32)cccc1-n1c2ccccc2c2ccccc21.[Pt]. The number of ether oxygens (including phenoxy) is 1. The molecule has 1 aliphatic heterocycles. The number of aryl methyl sites for hydroxylation is 1. The van der Waals surface area contributed by atoms with E-state index in [-0.39, 0.29) is 21.1 Å². The average Bonchev–Trinajstić information content (AvgIpc) is 4.21. The van der Waals surface area contributed by atoms with Crippen LogP contribution in [-0.4, -0.2) is 23.7 Å². The van der Waals surface area contributed by atoms with Crippen LogP contribution in [-0.2, 0) is 21.1 Å². The first-order valence-corrected chi connectivity index (χ1v) is 24.8. The molecule has 0 fully saturated rings. The smallest absolute Gasteiger partial charge is 0.135 e. The Hall–Kier alpha value is -9.23. The summed E-state index contributed by atoms with van der Waals surface area (Å²) in [6, 6.07) is 83.9. The molecule has 15 rings (SSSR count). The Morgan fingerprint density at radius 2 is 0.907 bits per heavy atom. The van der Waals surface area contributed by atoms with Crippen molar-refractivity contribution in [2.24, 2.45) is 0 Å². The first-order chi connectivity index (χ1) is 36.6. The molecule has 9 heteroatoms. The second-order valence-electron chi connectivity index (χ2n) is 18.7. The molecule has 5 aromatic heterocycles. The molecule has 360 valence electrons. The van der Waals surface area contributed by atoms with Crippen molar-refractivity contribution >= 4 is 88.3 Å². The van der Waals surface area contributed by atoms with Gasteiger partial charge in [0.2, 0.25) is 0 Å². The molecule has 0 saturated heterocycles. The average molecular weight is 1140 g/mol. The quantitative estimate of drug-likeness (QED) is 0.142. The Morgan fingerprint density at radius 1 is 0.413 bits per heavy atom. The Balaban J connectivity index is 0.00000516. The summed E-state index contributed by atoms with van der Waals surface area (Å²) in [7, 11) is 0. The van der Waals surface area contributed by atoms with Crippen molar-refractivity contribution in [1.82, 2.24) is 23.7 Å². The molecule has 75 heavy (non-hydrogen) atoms. The Bertz CT molecular complexity index is 4320. The van der Waals surface area contributed by atoms with Gasteiger partial charge in [-0.1, -0.05) is 121 Å². The van der Waals surface area contributed by atoms with Crippen molar-refractivity contribution < 1.29 is 25.8 Å². The minimum absolute atomic E-state index is 0. The summed E-state index contributed by atoms with van der Waals surface area (Å²) in [6.45, 7) is 4.26. The predicted octanol–water partition coefficient (Wildman–Crippen LogP) is 16.5. The van der Waals surface area contributed by atoms with Crippen LogP contribution in [0.25, 0.3) is 93.7 Å². The number of benzene rings is 9. The molecule has 0 aliphatic carbocycles. The van der Waals surface area contributed by atoms with E-state index in [1.807, 2.05) is 67.5 Å². The Labute approximate surface area is 446 Å². The second kappa shape index (κ2) is 17.8. The van der Waals surface area contributed by atoms with Gasteiger partial charge in [-0.2, -0.15) is 12.1 Å². The van der Waals surface area contributed by atoms with Gasteiger partial charge in [-0.15, -0.1) is 48.1 Å². The zero-order valence-corrected chi connectivity index (χ0v) is 42.6. The molecule has 14 aromatic rings. The molecule has 0 amide bonds. The zero-order valence-electron chi connectivity index (χ0n) is 40.4. The van der Waals surface area contributed by atoms with Crippen molar-refractivity contribution in [2.45, 2.75) is 6.92 Å². The Morgan fingerprint density at radius 3 is 1.48 bits per heavy atom. The van der Waals surface area contributed by atoms with Crippen molar-refractivity contribution in [3.8, 4) is 39.8 Å². The largest absolute Gasteiger partial charge is 0.509 e. The summed E-state index contributed by atoms with van der Waals surface area (Å²) in [5.74, 6) is 2.76. The number of anilines is 4. The van der Waals surface area contributed by atoms with E-state index in [2.05, 4.69) is 218 Å². The van der Waals surface area contributed by atoms with Crippen molar-refractivity contribution in [3.05, 3.63) is 255 Å². The third-order valence-corrected chi connectivity index (χ3v) is 14.6. The van der Waals surface area contributed by atoms with Crippen LogP contribution in [0.2, 0.25) is 0 Å². The molecule has 6 heterocycles. The van der Waals surface area contributed by atoms with Crippen LogP contribution in [0.3, 0.4) is 0 Å². The van der Waals surface area contributed by atoms with Gasteiger partial charge in [0.05, 0.1) is 33.4 Å². The van der Waals surface area contributed by atoms with Gasteiger partial charge in [-0.25, -0.2) is 9.97 Å². The van der Waals surface area contributed by atoms with Crippen LogP contribution in [0.15, 0.2) is 231 Å². The number of nitrogens with zero attached hydrogens (tertiary/aromatic N) is 7. The summed E-state index contributed by atoms with van der Waals surface area (Å²) < 4.78 is 13.8. The van der Waals surface area contributed by atoms with Gasteiger partial charge in [-0.05, 0) is 90.7 Å². The summed E-state index contributed by atoms with van der Waals surface area (Å²) in [5, 5.41) is 7.00. The third kappa shape index (κ3) is 7.01. The topological polar surface area (TPSA) is 56.3 Å². The summed E-state index contributed by atoms with van der Waals surface area (Å²) in [4.78, 5) is 14.3. The molecule has 0 saturated carbocycles. The molecule has 0 atom stereocenters. The number of hydrogen-bond acceptors (Lipinski definition) is 5. The number of hydrogen-bond donors (Lipinski definition) is 0.